The first-order chi connectivity index (χ1) is 10.2. The molecule has 0 aliphatic carbocycles. The van der Waals surface area contributed by atoms with Gasteiger partial charge in [-0.05, 0) is 13.0 Å². The number of ether oxygens (including phenoxy) is 1. The van der Waals surface area contributed by atoms with E-state index in [1.807, 2.05) is 6.92 Å². The van der Waals surface area contributed by atoms with Gasteiger partial charge in [0.25, 0.3) is 5.91 Å². The van der Waals surface area contributed by atoms with Crippen molar-refractivity contribution in [3.8, 4) is 6.01 Å². The van der Waals surface area contributed by atoms with Crippen molar-refractivity contribution in [3.05, 3.63) is 30.6 Å². The molecule has 0 fully saturated rings. The van der Waals surface area contributed by atoms with Gasteiger partial charge in [0.2, 0.25) is 0 Å². The number of anilines is 1. The molecule has 21 heavy (non-hydrogen) atoms. The lowest BCUT2D eigenvalue weighted by Crippen LogP contribution is -2.21. The number of nitrogens with zero attached hydrogens (tertiary/aromatic N) is 5. The maximum Gasteiger partial charge on any atom is 0.317 e. The molecule has 0 saturated heterocycles. The zero-order valence-corrected chi connectivity index (χ0v) is 11.1. The molecule has 0 atom stereocenters. The summed E-state index contributed by atoms with van der Waals surface area (Å²) in [6.45, 7) is 1.59. The first kappa shape index (κ1) is 12.9. The summed E-state index contributed by atoms with van der Waals surface area (Å²) in [5.41, 5.74) is 1.79. The maximum atomic E-state index is 11.8. The molecule has 0 aliphatic heterocycles. The van der Waals surface area contributed by atoms with Crippen LogP contribution < -0.4 is 10.1 Å². The van der Waals surface area contributed by atoms with Crippen LogP contribution in [0.4, 0.5) is 5.82 Å². The molecule has 3 aromatic rings. The Morgan fingerprint density at radius 3 is 3.10 bits per heavy atom. The largest absolute Gasteiger partial charge is 0.453 e. The van der Waals surface area contributed by atoms with Crippen LogP contribution in [-0.2, 0) is 4.79 Å². The van der Waals surface area contributed by atoms with Gasteiger partial charge in [-0.15, -0.1) is 0 Å². The van der Waals surface area contributed by atoms with E-state index in [4.69, 9.17) is 4.74 Å². The van der Waals surface area contributed by atoms with Gasteiger partial charge >= 0.3 is 6.01 Å². The summed E-state index contributed by atoms with van der Waals surface area (Å²) in [6.07, 6.45) is 4.36. The van der Waals surface area contributed by atoms with Gasteiger partial charge in [-0.3, -0.25) is 4.79 Å². The van der Waals surface area contributed by atoms with E-state index in [2.05, 4.69) is 35.2 Å². The fourth-order valence-corrected chi connectivity index (χ4v) is 1.65. The van der Waals surface area contributed by atoms with Crippen molar-refractivity contribution in [1.29, 1.82) is 0 Å². The Balaban J connectivity index is 1.65. The van der Waals surface area contributed by atoms with E-state index in [1.54, 1.807) is 12.3 Å². The lowest BCUT2D eigenvalue weighted by molar-refractivity contribution is -0.118. The molecule has 0 unspecified atom stereocenters. The Labute approximate surface area is 118 Å². The van der Waals surface area contributed by atoms with Crippen LogP contribution in [0.1, 0.15) is 5.69 Å². The van der Waals surface area contributed by atoms with Crippen LogP contribution >= 0.6 is 0 Å². The van der Waals surface area contributed by atoms with Crippen molar-refractivity contribution in [1.82, 2.24) is 29.9 Å². The number of fused-ring (bicyclic) bond motifs is 1. The SMILES string of the molecule is Cc1ccnc(OCC(=O)Nc2ncnc3nc[nH]c23)n1. The lowest BCUT2D eigenvalue weighted by atomic mass is 10.4. The van der Waals surface area contributed by atoms with Crippen LogP contribution in [0.2, 0.25) is 0 Å². The maximum absolute atomic E-state index is 11.8. The molecule has 9 heteroatoms. The van der Waals surface area contributed by atoms with Crippen molar-refractivity contribution in [2.24, 2.45) is 0 Å². The zero-order valence-electron chi connectivity index (χ0n) is 11.1. The molecule has 3 aromatic heterocycles. The molecule has 106 valence electrons. The van der Waals surface area contributed by atoms with Gasteiger partial charge < -0.3 is 15.0 Å². The highest BCUT2D eigenvalue weighted by Gasteiger charge is 2.10. The molecule has 9 nitrogen and oxygen atoms in total. The Morgan fingerprint density at radius 2 is 2.24 bits per heavy atom. The Morgan fingerprint density at radius 1 is 1.33 bits per heavy atom. The van der Waals surface area contributed by atoms with Crippen molar-refractivity contribution < 1.29 is 9.53 Å². The van der Waals surface area contributed by atoms with Crippen LogP contribution in [0.15, 0.2) is 24.9 Å². The molecule has 3 heterocycles. The molecule has 0 aliphatic rings. The number of aromatic amines is 1. The predicted molar refractivity (Wildman–Crippen MR) is 72.6 cm³/mol. The van der Waals surface area contributed by atoms with E-state index in [9.17, 15) is 4.79 Å². The molecule has 3 rings (SSSR count). The molecule has 0 aromatic carbocycles. The first-order valence-corrected chi connectivity index (χ1v) is 6.09. The van der Waals surface area contributed by atoms with Crippen LogP contribution in [0.3, 0.4) is 0 Å². The highest BCUT2D eigenvalue weighted by Crippen LogP contribution is 2.14. The highest BCUT2D eigenvalue weighted by molar-refractivity contribution is 5.97. The summed E-state index contributed by atoms with van der Waals surface area (Å²) >= 11 is 0. The van der Waals surface area contributed by atoms with E-state index in [-0.39, 0.29) is 18.5 Å². The minimum atomic E-state index is -0.380. The number of carbonyl (C=O) groups is 1. The van der Waals surface area contributed by atoms with E-state index in [1.165, 1.54) is 12.7 Å². The quantitative estimate of drug-likeness (QED) is 0.715. The van der Waals surface area contributed by atoms with Crippen molar-refractivity contribution >= 4 is 22.9 Å². The molecule has 0 spiro atoms. The van der Waals surface area contributed by atoms with Crippen LogP contribution in [-0.4, -0.2) is 42.4 Å². The second-order valence-corrected chi connectivity index (χ2v) is 4.14. The molecular weight excluding hydrogens is 274 g/mol. The normalized spacial score (nSPS) is 10.5. The van der Waals surface area contributed by atoms with Gasteiger partial charge in [0, 0.05) is 11.9 Å². The molecule has 2 N–H and O–H groups in total. The van der Waals surface area contributed by atoms with Crippen LogP contribution in [0.25, 0.3) is 11.2 Å². The monoisotopic (exact) mass is 285 g/mol. The summed E-state index contributed by atoms with van der Waals surface area (Å²) in [5.74, 6) is -0.0361. The minimum absolute atomic E-state index is 0.152. The van der Waals surface area contributed by atoms with Gasteiger partial charge in [-0.1, -0.05) is 0 Å². The third-order valence-corrected chi connectivity index (χ3v) is 2.59. The van der Waals surface area contributed by atoms with Crippen molar-refractivity contribution in [3.63, 3.8) is 0 Å². The van der Waals surface area contributed by atoms with E-state index < -0.39 is 0 Å². The van der Waals surface area contributed by atoms with Gasteiger partial charge in [0.1, 0.15) is 11.8 Å². The van der Waals surface area contributed by atoms with Gasteiger partial charge in [0.05, 0.1) is 6.33 Å². The van der Waals surface area contributed by atoms with Crippen molar-refractivity contribution in [2.45, 2.75) is 6.92 Å². The van der Waals surface area contributed by atoms with Gasteiger partial charge in [0.15, 0.2) is 18.1 Å². The molecule has 0 bridgehead atoms. The highest BCUT2D eigenvalue weighted by atomic mass is 16.5. The molecule has 1 amide bonds. The fourth-order valence-electron chi connectivity index (χ4n) is 1.65. The van der Waals surface area contributed by atoms with Crippen molar-refractivity contribution in [2.75, 3.05) is 11.9 Å². The summed E-state index contributed by atoms with van der Waals surface area (Å²) in [7, 11) is 0. The third kappa shape index (κ3) is 2.91. The summed E-state index contributed by atoms with van der Waals surface area (Å²) in [5, 5.41) is 2.61. The molecular formula is C12H11N7O2. The van der Waals surface area contributed by atoms with Crippen LogP contribution in [0, 0.1) is 6.92 Å². The number of hydrogen-bond acceptors (Lipinski definition) is 7. The van der Waals surface area contributed by atoms with E-state index in [0.29, 0.717) is 17.0 Å². The smallest absolute Gasteiger partial charge is 0.317 e. The van der Waals surface area contributed by atoms with Gasteiger partial charge in [-0.2, -0.15) is 0 Å². The Kier molecular flexibility index (Phi) is 3.37. The average Bonchev–Trinajstić information content (AvgIpc) is 2.95. The Bertz CT molecular complexity index is 786. The number of H-pyrrole nitrogens is 1. The summed E-state index contributed by atoms with van der Waals surface area (Å²) in [4.78, 5) is 34.6. The zero-order chi connectivity index (χ0) is 14.7. The number of aryl methyl sites for hydroxylation is 1. The first-order valence-electron chi connectivity index (χ1n) is 6.09. The number of amides is 1. The second kappa shape index (κ2) is 5.49. The summed E-state index contributed by atoms with van der Waals surface area (Å²) < 4.78 is 5.21. The average molecular weight is 285 g/mol. The topological polar surface area (TPSA) is 119 Å². The number of aromatic nitrogens is 6. The minimum Gasteiger partial charge on any atom is -0.453 e. The number of imidazole rings is 1. The number of carbonyl (C=O) groups excluding carboxylic acids is 1. The number of hydrogen-bond donors (Lipinski definition) is 2. The van der Waals surface area contributed by atoms with E-state index >= 15 is 0 Å². The molecule has 0 radical (unpaired) electrons. The van der Waals surface area contributed by atoms with Crippen LogP contribution in [0.5, 0.6) is 6.01 Å². The van der Waals surface area contributed by atoms with Gasteiger partial charge in [-0.25, -0.2) is 24.9 Å². The second-order valence-electron chi connectivity index (χ2n) is 4.14. The lowest BCUT2D eigenvalue weighted by Gasteiger charge is -2.06. The third-order valence-electron chi connectivity index (χ3n) is 2.59. The predicted octanol–water partition coefficient (Wildman–Crippen LogP) is 0.469. The van der Waals surface area contributed by atoms with E-state index in [0.717, 1.165) is 5.69 Å². The fraction of sp³-hybridized carbons (Fsp3) is 0.167. The molecule has 0 saturated carbocycles. The number of nitrogens with one attached hydrogen (secondary N) is 2. The standard InChI is InChI=1S/C12H11N7O2/c1-7-2-3-13-12(18-7)21-4-8(20)19-11-9-10(15-5-14-9)16-6-17-11/h2-3,5-6H,4H2,1H3,(H2,14,15,16,17,19,20). The summed E-state index contributed by atoms with van der Waals surface area (Å²) in [6, 6.07) is 1.89. The number of rotatable bonds is 4. The Hall–Kier alpha value is -3.10.